The van der Waals surface area contributed by atoms with Crippen molar-refractivity contribution in [2.75, 3.05) is 7.11 Å². The predicted octanol–water partition coefficient (Wildman–Crippen LogP) is 4.58. The number of nitrogens with one attached hydrogen (secondary N) is 1. The normalized spacial score (nSPS) is 22.0. The first-order chi connectivity index (χ1) is 12.7. The zero-order valence-electron chi connectivity index (χ0n) is 15.2. The van der Waals surface area contributed by atoms with Crippen LogP contribution in [0, 0.1) is 0 Å². The summed E-state index contributed by atoms with van der Waals surface area (Å²) in [4.78, 5) is 5.19. The smallest absolute Gasteiger partial charge is 0.120 e. The van der Waals surface area contributed by atoms with E-state index in [2.05, 4.69) is 17.4 Å². The fourth-order valence-electron chi connectivity index (χ4n) is 4.23. The van der Waals surface area contributed by atoms with E-state index in [1.165, 1.54) is 19.3 Å². The van der Waals surface area contributed by atoms with Gasteiger partial charge in [-0.25, -0.2) is 0 Å². The van der Waals surface area contributed by atoms with Gasteiger partial charge in [0.05, 0.1) is 7.11 Å². The van der Waals surface area contributed by atoms with Gasteiger partial charge in [0.15, 0.2) is 0 Å². The second-order valence-corrected chi connectivity index (χ2v) is 7.34. The fourth-order valence-corrected chi connectivity index (χ4v) is 4.23. The Morgan fingerprint density at radius 1 is 1.04 bits per heavy atom. The van der Waals surface area contributed by atoms with Crippen LogP contribution in [-0.4, -0.2) is 23.6 Å². The molecule has 0 unspecified atom stereocenters. The highest BCUT2D eigenvalue weighted by molar-refractivity contribution is 6.01. The summed E-state index contributed by atoms with van der Waals surface area (Å²) in [6.07, 6.45) is 6.54. The number of para-hydroxylation sites is 1. The number of hydrogen-bond donors (Lipinski definition) is 2. The lowest BCUT2D eigenvalue weighted by Crippen LogP contribution is -2.51. The van der Waals surface area contributed by atoms with E-state index >= 15 is 0 Å². The molecular formula is C22H26N2O2. The van der Waals surface area contributed by atoms with Crippen molar-refractivity contribution in [3.63, 3.8) is 0 Å². The van der Waals surface area contributed by atoms with E-state index in [1.54, 1.807) is 13.2 Å². The van der Waals surface area contributed by atoms with Gasteiger partial charge in [0.25, 0.3) is 0 Å². The lowest BCUT2D eigenvalue weighted by Gasteiger charge is -2.42. The van der Waals surface area contributed by atoms with Gasteiger partial charge in [0.1, 0.15) is 17.2 Å². The largest absolute Gasteiger partial charge is 0.508 e. The second-order valence-electron chi connectivity index (χ2n) is 7.34. The van der Waals surface area contributed by atoms with Crippen LogP contribution in [0.5, 0.6) is 11.5 Å². The van der Waals surface area contributed by atoms with Crippen molar-refractivity contribution in [1.82, 2.24) is 5.32 Å². The van der Waals surface area contributed by atoms with E-state index in [9.17, 15) is 5.11 Å². The van der Waals surface area contributed by atoms with E-state index in [-0.39, 0.29) is 11.7 Å². The highest BCUT2D eigenvalue weighted by Crippen LogP contribution is 2.39. The van der Waals surface area contributed by atoms with E-state index in [0.29, 0.717) is 5.75 Å². The number of ether oxygens (including phenoxy) is 1. The first-order valence-corrected chi connectivity index (χ1v) is 9.48. The zero-order valence-corrected chi connectivity index (χ0v) is 15.2. The van der Waals surface area contributed by atoms with Crippen molar-refractivity contribution in [2.45, 2.75) is 50.2 Å². The minimum atomic E-state index is -0.210. The van der Waals surface area contributed by atoms with E-state index in [4.69, 9.17) is 9.73 Å². The Labute approximate surface area is 154 Å². The molecule has 1 heterocycles. The average molecular weight is 350 g/mol. The summed E-state index contributed by atoms with van der Waals surface area (Å²) in [7, 11) is 1.68. The maximum absolute atomic E-state index is 10.4. The first kappa shape index (κ1) is 17.1. The first-order valence-electron chi connectivity index (χ1n) is 9.48. The molecule has 0 radical (unpaired) electrons. The summed E-state index contributed by atoms with van der Waals surface area (Å²) < 4.78 is 5.29. The summed E-state index contributed by atoms with van der Waals surface area (Å²) >= 11 is 0. The van der Waals surface area contributed by atoms with Gasteiger partial charge < -0.3 is 9.84 Å². The van der Waals surface area contributed by atoms with E-state index < -0.39 is 0 Å². The predicted molar refractivity (Wildman–Crippen MR) is 104 cm³/mol. The lowest BCUT2D eigenvalue weighted by molar-refractivity contribution is 0.206. The molecule has 136 valence electrons. The van der Waals surface area contributed by atoms with Crippen molar-refractivity contribution in [3.8, 4) is 11.5 Å². The van der Waals surface area contributed by atoms with Crippen LogP contribution in [0.2, 0.25) is 0 Å². The Kier molecular flexibility index (Phi) is 4.68. The van der Waals surface area contributed by atoms with Gasteiger partial charge in [-0.2, -0.15) is 0 Å². The van der Waals surface area contributed by atoms with Gasteiger partial charge in [-0.15, -0.1) is 0 Å². The van der Waals surface area contributed by atoms with Crippen LogP contribution >= 0.6 is 0 Å². The molecule has 1 aliphatic heterocycles. The number of hydrogen-bond acceptors (Lipinski definition) is 4. The minimum Gasteiger partial charge on any atom is -0.508 e. The fraction of sp³-hybridized carbons (Fsp3) is 0.409. The molecular weight excluding hydrogens is 324 g/mol. The molecule has 4 heteroatoms. The standard InChI is InChI=1S/C22H26N2O2/c1-26-17-11-9-16(10-12-17)19-15-20(18-7-3-4-8-21(18)25)24-22(23-19)13-5-2-6-14-22/h3-4,7-12,20,24-25H,2,5-6,13-15H2,1H3/t20-/m1/s1. The molecule has 4 nitrogen and oxygen atoms in total. The average Bonchev–Trinajstić information content (AvgIpc) is 2.68. The van der Waals surface area contributed by atoms with E-state index in [0.717, 1.165) is 41.9 Å². The van der Waals surface area contributed by atoms with Crippen molar-refractivity contribution in [2.24, 2.45) is 4.99 Å². The van der Waals surface area contributed by atoms with Crippen molar-refractivity contribution in [1.29, 1.82) is 0 Å². The summed E-state index contributed by atoms with van der Waals surface area (Å²) in [5.74, 6) is 1.21. The van der Waals surface area contributed by atoms with Gasteiger partial charge in [-0.3, -0.25) is 10.3 Å². The van der Waals surface area contributed by atoms with Crippen molar-refractivity contribution in [3.05, 3.63) is 59.7 Å². The monoisotopic (exact) mass is 350 g/mol. The summed E-state index contributed by atoms with van der Waals surface area (Å²) in [6, 6.07) is 15.9. The van der Waals surface area contributed by atoms with Gasteiger partial charge >= 0.3 is 0 Å². The number of benzene rings is 2. The molecule has 26 heavy (non-hydrogen) atoms. The Morgan fingerprint density at radius 2 is 1.77 bits per heavy atom. The minimum absolute atomic E-state index is 0.0731. The third-order valence-electron chi connectivity index (χ3n) is 5.61. The SMILES string of the molecule is COc1ccc(C2=NC3(CCCCC3)N[C@@H](c3ccccc3O)C2)cc1. The van der Waals surface area contributed by atoms with Crippen LogP contribution in [0.3, 0.4) is 0 Å². The molecule has 1 atom stereocenters. The van der Waals surface area contributed by atoms with Crippen LogP contribution in [0.15, 0.2) is 53.5 Å². The molecule has 1 fully saturated rings. The molecule has 0 amide bonds. The van der Waals surface area contributed by atoms with Crippen LogP contribution < -0.4 is 10.1 Å². The Balaban J connectivity index is 1.72. The zero-order chi connectivity index (χ0) is 18.0. The maximum Gasteiger partial charge on any atom is 0.120 e. The third kappa shape index (κ3) is 3.34. The molecule has 2 aliphatic rings. The topological polar surface area (TPSA) is 53.8 Å². The molecule has 2 aromatic carbocycles. The molecule has 1 spiro atoms. The number of aromatic hydroxyl groups is 1. The van der Waals surface area contributed by atoms with Crippen molar-refractivity contribution >= 4 is 5.71 Å². The van der Waals surface area contributed by atoms with Gasteiger partial charge in [0, 0.05) is 23.7 Å². The molecule has 4 rings (SSSR count). The number of phenolic OH excluding ortho intramolecular Hbond substituents is 1. The highest BCUT2D eigenvalue weighted by atomic mass is 16.5. The number of nitrogens with zero attached hydrogens (tertiary/aromatic N) is 1. The molecule has 0 aromatic heterocycles. The summed E-state index contributed by atoms with van der Waals surface area (Å²) in [5.41, 5.74) is 3.00. The summed E-state index contributed by atoms with van der Waals surface area (Å²) in [6.45, 7) is 0. The van der Waals surface area contributed by atoms with Crippen LogP contribution in [0.25, 0.3) is 0 Å². The van der Waals surface area contributed by atoms with Crippen LogP contribution in [-0.2, 0) is 0 Å². The van der Waals surface area contributed by atoms with Gasteiger partial charge in [0.2, 0.25) is 0 Å². The second kappa shape index (κ2) is 7.12. The summed E-state index contributed by atoms with van der Waals surface area (Å²) in [5, 5.41) is 14.2. The number of rotatable bonds is 3. The number of aliphatic imine (C=N–C) groups is 1. The highest BCUT2D eigenvalue weighted by Gasteiger charge is 2.38. The number of methoxy groups -OCH3 is 1. The Bertz CT molecular complexity index is 792. The molecule has 2 aromatic rings. The molecule has 0 saturated heterocycles. The molecule has 0 bridgehead atoms. The van der Waals surface area contributed by atoms with Gasteiger partial charge in [-0.05, 0) is 61.6 Å². The quantitative estimate of drug-likeness (QED) is 0.851. The molecule has 2 N–H and O–H groups in total. The van der Waals surface area contributed by atoms with Gasteiger partial charge in [-0.1, -0.05) is 24.6 Å². The van der Waals surface area contributed by atoms with Crippen molar-refractivity contribution < 1.29 is 9.84 Å². The number of phenols is 1. The molecule has 1 aliphatic carbocycles. The lowest BCUT2D eigenvalue weighted by atomic mass is 9.84. The Hall–Kier alpha value is -2.33. The van der Waals surface area contributed by atoms with E-state index in [1.807, 2.05) is 30.3 Å². The Morgan fingerprint density at radius 3 is 2.46 bits per heavy atom. The van der Waals surface area contributed by atoms with Crippen LogP contribution in [0.4, 0.5) is 0 Å². The molecule has 1 saturated carbocycles. The maximum atomic E-state index is 10.4. The third-order valence-corrected chi connectivity index (χ3v) is 5.61. The van der Waals surface area contributed by atoms with Crippen LogP contribution in [0.1, 0.15) is 55.7 Å².